The minimum Gasteiger partial charge on any atom is -0.478 e. The van der Waals surface area contributed by atoms with E-state index in [2.05, 4.69) is 19.2 Å². The second kappa shape index (κ2) is 7.53. The van der Waals surface area contributed by atoms with Gasteiger partial charge in [-0.2, -0.15) is 0 Å². The first kappa shape index (κ1) is 16.0. The summed E-state index contributed by atoms with van der Waals surface area (Å²) in [6.07, 6.45) is 0.951. The SMILES string of the molecule is CC(C)CCNC(=O)N(C)Cc1ccc(C(=O)O)cc1. The maximum absolute atomic E-state index is 11.8. The predicted octanol–water partition coefficient (Wildman–Crippen LogP) is 2.57. The Morgan fingerprint density at radius 1 is 1.25 bits per heavy atom. The molecule has 5 heteroatoms. The molecule has 0 radical (unpaired) electrons. The summed E-state index contributed by atoms with van der Waals surface area (Å²) in [5, 5.41) is 11.7. The molecule has 1 rings (SSSR count). The molecule has 1 aromatic carbocycles. The van der Waals surface area contributed by atoms with Gasteiger partial charge in [-0.25, -0.2) is 9.59 Å². The lowest BCUT2D eigenvalue weighted by molar-refractivity contribution is 0.0697. The number of carboxylic acids is 1. The number of aromatic carboxylic acids is 1. The first-order valence-electron chi connectivity index (χ1n) is 6.71. The molecule has 0 spiro atoms. The Kier molecular flexibility index (Phi) is 6.03. The van der Waals surface area contributed by atoms with Gasteiger partial charge >= 0.3 is 12.0 Å². The molecule has 0 saturated heterocycles. The summed E-state index contributed by atoms with van der Waals surface area (Å²) in [5.74, 6) is -0.388. The number of carbonyl (C=O) groups excluding carboxylic acids is 1. The highest BCUT2D eigenvalue weighted by atomic mass is 16.4. The summed E-state index contributed by atoms with van der Waals surface area (Å²) in [4.78, 5) is 24.1. The van der Waals surface area contributed by atoms with E-state index in [0.29, 0.717) is 19.0 Å². The van der Waals surface area contributed by atoms with E-state index in [1.807, 2.05) is 0 Å². The molecular weight excluding hydrogens is 256 g/mol. The van der Waals surface area contributed by atoms with Crippen molar-refractivity contribution >= 4 is 12.0 Å². The summed E-state index contributed by atoms with van der Waals surface area (Å²) < 4.78 is 0. The lowest BCUT2D eigenvalue weighted by Gasteiger charge is -2.18. The van der Waals surface area contributed by atoms with E-state index in [4.69, 9.17) is 5.11 Å². The summed E-state index contributed by atoms with van der Waals surface area (Å²) >= 11 is 0. The Bertz CT molecular complexity index is 455. The van der Waals surface area contributed by atoms with E-state index in [-0.39, 0.29) is 11.6 Å². The molecule has 2 amide bonds. The summed E-state index contributed by atoms with van der Waals surface area (Å²) in [6.45, 7) is 5.34. The normalized spacial score (nSPS) is 10.4. The Morgan fingerprint density at radius 3 is 2.35 bits per heavy atom. The van der Waals surface area contributed by atoms with Crippen molar-refractivity contribution in [3.8, 4) is 0 Å². The van der Waals surface area contributed by atoms with Crippen molar-refractivity contribution in [2.45, 2.75) is 26.8 Å². The summed E-state index contributed by atoms with van der Waals surface area (Å²) in [7, 11) is 1.72. The molecule has 0 unspecified atom stereocenters. The minimum absolute atomic E-state index is 0.118. The van der Waals surface area contributed by atoms with Gasteiger partial charge in [0.25, 0.3) is 0 Å². The van der Waals surface area contributed by atoms with Gasteiger partial charge in [0.15, 0.2) is 0 Å². The van der Waals surface area contributed by atoms with Crippen molar-refractivity contribution in [2.24, 2.45) is 5.92 Å². The Morgan fingerprint density at radius 2 is 1.85 bits per heavy atom. The zero-order chi connectivity index (χ0) is 15.1. The number of carbonyl (C=O) groups is 2. The third-order valence-electron chi connectivity index (χ3n) is 2.97. The van der Waals surface area contributed by atoms with Crippen molar-refractivity contribution in [3.05, 3.63) is 35.4 Å². The van der Waals surface area contributed by atoms with E-state index < -0.39 is 5.97 Å². The average molecular weight is 278 g/mol. The molecule has 0 atom stereocenters. The maximum Gasteiger partial charge on any atom is 0.335 e. The van der Waals surface area contributed by atoms with Crippen molar-refractivity contribution in [2.75, 3.05) is 13.6 Å². The van der Waals surface area contributed by atoms with E-state index in [1.165, 1.54) is 0 Å². The summed E-state index contributed by atoms with van der Waals surface area (Å²) in [5.41, 5.74) is 1.15. The Hall–Kier alpha value is -2.04. The predicted molar refractivity (Wildman–Crippen MR) is 77.7 cm³/mol. The largest absolute Gasteiger partial charge is 0.478 e. The van der Waals surface area contributed by atoms with Gasteiger partial charge in [-0.05, 0) is 30.0 Å². The fraction of sp³-hybridized carbons (Fsp3) is 0.467. The molecule has 110 valence electrons. The van der Waals surface area contributed by atoms with Crippen molar-refractivity contribution in [3.63, 3.8) is 0 Å². The lowest BCUT2D eigenvalue weighted by Crippen LogP contribution is -2.37. The van der Waals surface area contributed by atoms with Crippen LogP contribution >= 0.6 is 0 Å². The van der Waals surface area contributed by atoms with Crippen LogP contribution in [0.5, 0.6) is 0 Å². The summed E-state index contributed by atoms with van der Waals surface area (Å²) in [6, 6.07) is 6.42. The standard InChI is InChI=1S/C15H22N2O3/c1-11(2)8-9-16-15(20)17(3)10-12-4-6-13(7-5-12)14(18)19/h4-7,11H,8-10H2,1-3H3,(H,16,20)(H,18,19). The van der Waals surface area contributed by atoms with E-state index in [1.54, 1.807) is 36.2 Å². The molecule has 20 heavy (non-hydrogen) atoms. The van der Waals surface area contributed by atoms with Gasteiger partial charge < -0.3 is 15.3 Å². The van der Waals surface area contributed by atoms with Crippen LogP contribution in [-0.4, -0.2) is 35.6 Å². The topological polar surface area (TPSA) is 69.6 Å². The van der Waals surface area contributed by atoms with Crippen LogP contribution in [0.3, 0.4) is 0 Å². The van der Waals surface area contributed by atoms with Crippen LogP contribution < -0.4 is 5.32 Å². The smallest absolute Gasteiger partial charge is 0.335 e. The molecule has 0 bridgehead atoms. The highest BCUT2D eigenvalue weighted by Gasteiger charge is 2.09. The maximum atomic E-state index is 11.8. The van der Waals surface area contributed by atoms with Gasteiger partial charge in [0.2, 0.25) is 0 Å². The van der Waals surface area contributed by atoms with E-state index >= 15 is 0 Å². The van der Waals surface area contributed by atoms with Gasteiger partial charge in [-0.3, -0.25) is 0 Å². The molecule has 2 N–H and O–H groups in total. The molecule has 0 fully saturated rings. The third kappa shape index (κ3) is 5.30. The van der Waals surface area contributed by atoms with E-state index in [9.17, 15) is 9.59 Å². The fourth-order valence-electron chi connectivity index (χ4n) is 1.70. The van der Waals surface area contributed by atoms with Gasteiger partial charge in [0, 0.05) is 20.1 Å². The number of rotatable bonds is 6. The van der Waals surface area contributed by atoms with Crippen molar-refractivity contribution < 1.29 is 14.7 Å². The number of hydrogen-bond donors (Lipinski definition) is 2. The zero-order valence-electron chi connectivity index (χ0n) is 12.2. The van der Waals surface area contributed by atoms with Crippen LogP contribution in [0.1, 0.15) is 36.2 Å². The minimum atomic E-state index is -0.948. The highest BCUT2D eigenvalue weighted by Crippen LogP contribution is 2.07. The van der Waals surface area contributed by atoms with Crippen LogP contribution in [-0.2, 0) is 6.54 Å². The number of nitrogens with zero attached hydrogens (tertiary/aromatic N) is 1. The molecule has 0 aromatic heterocycles. The first-order valence-corrected chi connectivity index (χ1v) is 6.71. The molecular formula is C15H22N2O3. The Balaban J connectivity index is 2.46. The van der Waals surface area contributed by atoms with Crippen LogP contribution in [0.15, 0.2) is 24.3 Å². The quantitative estimate of drug-likeness (QED) is 0.840. The molecule has 1 aromatic rings. The number of benzene rings is 1. The van der Waals surface area contributed by atoms with E-state index in [0.717, 1.165) is 12.0 Å². The zero-order valence-corrected chi connectivity index (χ0v) is 12.2. The monoisotopic (exact) mass is 278 g/mol. The molecule has 5 nitrogen and oxygen atoms in total. The van der Waals surface area contributed by atoms with Gasteiger partial charge in [0.05, 0.1) is 5.56 Å². The molecule has 0 aliphatic rings. The highest BCUT2D eigenvalue weighted by molar-refractivity contribution is 5.87. The average Bonchev–Trinajstić information content (AvgIpc) is 2.38. The second-order valence-corrected chi connectivity index (χ2v) is 5.27. The van der Waals surface area contributed by atoms with Crippen LogP contribution in [0.2, 0.25) is 0 Å². The lowest BCUT2D eigenvalue weighted by atomic mass is 10.1. The van der Waals surface area contributed by atoms with Crippen LogP contribution in [0.4, 0.5) is 4.79 Å². The number of amides is 2. The number of carboxylic acid groups (broad SMARTS) is 1. The molecule has 0 saturated carbocycles. The van der Waals surface area contributed by atoms with Crippen LogP contribution in [0.25, 0.3) is 0 Å². The van der Waals surface area contributed by atoms with Crippen LogP contribution in [0, 0.1) is 5.92 Å². The van der Waals surface area contributed by atoms with Crippen molar-refractivity contribution in [1.82, 2.24) is 10.2 Å². The molecule has 0 aliphatic heterocycles. The number of hydrogen-bond acceptors (Lipinski definition) is 2. The van der Waals surface area contributed by atoms with Crippen molar-refractivity contribution in [1.29, 1.82) is 0 Å². The van der Waals surface area contributed by atoms with Gasteiger partial charge in [-0.15, -0.1) is 0 Å². The second-order valence-electron chi connectivity index (χ2n) is 5.27. The number of nitrogens with one attached hydrogen (secondary N) is 1. The first-order chi connectivity index (χ1) is 9.40. The number of urea groups is 1. The van der Waals surface area contributed by atoms with Gasteiger partial charge in [-0.1, -0.05) is 26.0 Å². The molecule has 0 aliphatic carbocycles. The molecule has 0 heterocycles. The Labute approximate surface area is 119 Å². The fourth-order valence-corrected chi connectivity index (χ4v) is 1.70. The van der Waals surface area contributed by atoms with Gasteiger partial charge in [0.1, 0.15) is 0 Å². The third-order valence-corrected chi connectivity index (χ3v) is 2.97.